The van der Waals surface area contributed by atoms with Gasteiger partial charge in [-0.25, -0.2) is 0 Å². The number of nitrogens with one attached hydrogen (secondary N) is 1. The fourth-order valence-corrected chi connectivity index (χ4v) is 3.75. The molecule has 3 atom stereocenters. The molecule has 3 unspecified atom stereocenters. The molecule has 21 heavy (non-hydrogen) atoms. The van der Waals surface area contributed by atoms with Gasteiger partial charge < -0.3 is 10.1 Å². The van der Waals surface area contributed by atoms with E-state index in [1.165, 1.54) is 0 Å². The number of ether oxygens (including phenoxy) is 1. The second-order valence-electron chi connectivity index (χ2n) is 5.73. The average Bonchev–Trinajstić information content (AvgIpc) is 2.94. The Balaban J connectivity index is 2.16. The highest BCUT2D eigenvalue weighted by Gasteiger charge is 2.33. The predicted octanol–water partition coefficient (Wildman–Crippen LogP) is 4.72. The van der Waals surface area contributed by atoms with Gasteiger partial charge in [-0.15, -0.1) is 0 Å². The molecule has 4 heteroatoms. The van der Waals surface area contributed by atoms with Crippen molar-refractivity contribution < 1.29 is 4.74 Å². The number of hydrogen-bond donors (Lipinski definition) is 1. The Morgan fingerprint density at radius 2 is 2.00 bits per heavy atom. The van der Waals surface area contributed by atoms with Crippen LogP contribution in [0.4, 0.5) is 0 Å². The van der Waals surface area contributed by atoms with Crippen molar-refractivity contribution in [1.82, 2.24) is 5.32 Å². The van der Waals surface area contributed by atoms with E-state index in [1.54, 1.807) is 0 Å². The number of rotatable bonds is 7. The van der Waals surface area contributed by atoms with Crippen LogP contribution in [-0.4, -0.2) is 25.3 Å². The Hall–Kier alpha value is -0.280. The summed E-state index contributed by atoms with van der Waals surface area (Å²) in [6.07, 6.45) is 4.51. The molecule has 1 aromatic carbocycles. The molecule has 1 fully saturated rings. The summed E-state index contributed by atoms with van der Waals surface area (Å²) < 4.78 is 5.87. The molecule has 1 aromatic rings. The Labute approximate surface area is 138 Å². The maximum atomic E-state index is 6.34. The minimum absolute atomic E-state index is 0.348. The predicted molar refractivity (Wildman–Crippen MR) is 90.4 cm³/mol. The van der Waals surface area contributed by atoms with Gasteiger partial charge in [-0.3, -0.25) is 0 Å². The van der Waals surface area contributed by atoms with E-state index in [4.69, 9.17) is 27.9 Å². The van der Waals surface area contributed by atoms with Crippen LogP contribution in [0.5, 0.6) is 0 Å². The fourth-order valence-electron chi connectivity index (χ4n) is 3.20. The largest absolute Gasteiger partial charge is 0.378 e. The second kappa shape index (κ2) is 8.38. The third-order valence-corrected chi connectivity index (χ3v) is 5.03. The van der Waals surface area contributed by atoms with Crippen LogP contribution in [0.15, 0.2) is 18.2 Å². The van der Waals surface area contributed by atoms with Crippen LogP contribution < -0.4 is 5.32 Å². The van der Waals surface area contributed by atoms with Crippen LogP contribution in [0.2, 0.25) is 10.0 Å². The van der Waals surface area contributed by atoms with Crippen molar-refractivity contribution >= 4 is 23.2 Å². The van der Waals surface area contributed by atoms with Crippen molar-refractivity contribution in [2.45, 2.75) is 51.7 Å². The first-order chi connectivity index (χ1) is 10.2. The van der Waals surface area contributed by atoms with Crippen molar-refractivity contribution in [3.05, 3.63) is 33.8 Å². The SMILES string of the molecule is CCCNC(Cc1c(Cl)cccc1Cl)C1CCOC1CC. The summed E-state index contributed by atoms with van der Waals surface area (Å²) in [5.41, 5.74) is 1.05. The molecular formula is C17H25Cl2NO. The fraction of sp³-hybridized carbons (Fsp3) is 0.647. The Kier molecular flexibility index (Phi) is 6.81. The van der Waals surface area contributed by atoms with Gasteiger partial charge in [0.25, 0.3) is 0 Å². The topological polar surface area (TPSA) is 21.3 Å². The van der Waals surface area contributed by atoms with Crippen LogP contribution in [0.25, 0.3) is 0 Å². The number of hydrogen-bond acceptors (Lipinski definition) is 2. The highest BCUT2D eigenvalue weighted by molar-refractivity contribution is 6.36. The lowest BCUT2D eigenvalue weighted by Crippen LogP contribution is -2.42. The lowest BCUT2D eigenvalue weighted by molar-refractivity contribution is 0.0775. The van der Waals surface area contributed by atoms with Crippen molar-refractivity contribution in [2.24, 2.45) is 5.92 Å². The zero-order valence-corrected chi connectivity index (χ0v) is 14.4. The monoisotopic (exact) mass is 329 g/mol. The van der Waals surface area contributed by atoms with E-state index >= 15 is 0 Å². The maximum Gasteiger partial charge on any atom is 0.0616 e. The summed E-state index contributed by atoms with van der Waals surface area (Å²) in [5.74, 6) is 0.536. The van der Waals surface area contributed by atoms with Gasteiger partial charge in [0, 0.05) is 28.6 Å². The van der Waals surface area contributed by atoms with E-state index in [1.807, 2.05) is 18.2 Å². The molecule has 0 aromatic heterocycles. The quantitative estimate of drug-likeness (QED) is 0.781. The van der Waals surface area contributed by atoms with Crippen LogP contribution in [0, 0.1) is 5.92 Å². The zero-order valence-electron chi connectivity index (χ0n) is 12.9. The average molecular weight is 330 g/mol. The molecule has 1 heterocycles. The Bertz CT molecular complexity index is 432. The van der Waals surface area contributed by atoms with Gasteiger partial charge in [0.1, 0.15) is 0 Å². The lowest BCUT2D eigenvalue weighted by Gasteiger charge is -2.29. The maximum absolute atomic E-state index is 6.34. The number of benzene rings is 1. The summed E-state index contributed by atoms with van der Waals surface area (Å²) in [4.78, 5) is 0. The van der Waals surface area contributed by atoms with Gasteiger partial charge >= 0.3 is 0 Å². The number of halogens is 2. The van der Waals surface area contributed by atoms with Crippen LogP contribution >= 0.6 is 23.2 Å². The molecule has 0 saturated carbocycles. The third kappa shape index (κ3) is 4.35. The van der Waals surface area contributed by atoms with Gasteiger partial charge in [0.15, 0.2) is 0 Å². The molecule has 118 valence electrons. The van der Waals surface area contributed by atoms with Gasteiger partial charge in [0.05, 0.1) is 6.10 Å². The van der Waals surface area contributed by atoms with Crippen molar-refractivity contribution in [3.63, 3.8) is 0 Å². The van der Waals surface area contributed by atoms with E-state index in [9.17, 15) is 0 Å². The first-order valence-corrected chi connectivity index (χ1v) is 8.70. The van der Waals surface area contributed by atoms with E-state index in [0.29, 0.717) is 18.1 Å². The molecule has 0 aliphatic carbocycles. The molecule has 0 radical (unpaired) electrons. The first kappa shape index (κ1) is 17.1. The summed E-state index contributed by atoms with van der Waals surface area (Å²) >= 11 is 12.7. The van der Waals surface area contributed by atoms with Crippen molar-refractivity contribution in [1.29, 1.82) is 0 Å². The molecule has 0 amide bonds. The normalized spacial score (nSPS) is 23.4. The highest BCUT2D eigenvalue weighted by Crippen LogP contribution is 2.32. The molecular weight excluding hydrogens is 305 g/mol. The molecule has 2 nitrogen and oxygen atoms in total. The molecule has 1 aliphatic rings. The smallest absolute Gasteiger partial charge is 0.0616 e. The van der Waals surface area contributed by atoms with E-state index < -0.39 is 0 Å². The van der Waals surface area contributed by atoms with Gasteiger partial charge in [-0.05, 0) is 49.9 Å². The lowest BCUT2D eigenvalue weighted by atomic mass is 9.87. The van der Waals surface area contributed by atoms with E-state index in [-0.39, 0.29) is 0 Å². The van der Waals surface area contributed by atoms with E-state index in [2.05, 4.69) is 19.2 Å². The standard InChI is InChI=1S/C17H25Cl2NO/c1-3-9-20-16(12-8-10-21-17(12)4-2)11-13-14(18)6-5-7-15(13)19/h5-7,12,16-17,20H,3-4,8-11H2,1-2H3. The van der Waals surface area contributed by atoms with Crippen LogP contribution in [0.3, 0.4) is 0 Å². The first-order valence-electron chi connectivity index (χ1n) is 7.95. The molecule has 1 N–H and O–H groups in total. The highest BCUT2D eigenvalue weighted by atomic mass is 35.5. The molecule has 2 rings (SSSR count). The van der Waals surface area contributed by atoms with Crippen molar-refractivity contribution in [3.8, 4) is 0 Å². The van der Waals surface area contributed by atoms with Gasteiger partial charge in [0.2, 0.25) is 0 Å². The third-order valence-electron chi connectivity index (χ3n) is 4.32. The molecule has 1 aliphatic heterocycles. The van der Waals surface area contributed by atoms with Crippen LogP contribution in [0.1, 0.15) is 38.7 Å². The molecule has 0 bridgehead atoms. The minimum Gasteiger partial charge on any atom is -0.378 e. The van der Waals surface area contributed by atoms with Gasteiger partial charge in [-0.2, -0.15) is 0 Å². The summed E-state index contributed by atoms with van der Waals surface area (Å²) in [7, 11) is 0. The molecule has 0 spiro atoms. The Morgan fingerprint density at radius 3 is 2.62 bits per heavy atom. The Morgan fingerprint density at radius 1 is 1.29 bits per heavy atom. The van der Waals surface area contributed by atoms with Crippen molar-refractivity contribution in [2.75, 3.05) is 13.2 Å². The summed E-state index contributed by atoms with van der Waals surface area (Å²) in [6, 6.07) is 6.11. The summed E-state index contributed by atoms with van der Waals surface area (Å²) in [5, 5.41) is 5.20. The zero-order chi connectivity index (χ0) is 15.2. The second-order valence-corrected chi connectivity index (χ2v) is 6.55. The van der Waals surface area contributed by atoms with Gasteiger partial charge in [-0.1, -0.05) is 43.1 Å². The van der Waals surface area contributed by atoms with Crippen LogP contribution in [-0.2, 0) is 11.2 Å². The molecule has 1 saturated heterocycles. The van der Waals surface area contributed by atoms with E-state index in [0.717, 1.165) is 54.4 Å². The minimum atomic E-state index is 0.348. The summed E-state index contributed by atoms with van der Waals surface area (Å²) in [6.45, 7) is 6.26.